The van der Waals surface area contributed by atoms with Crippen molar-refractivity contribution >= 4 is 5.91 Å². The van der Waals surface area contributed by atoms with Crippen molar-refractivity contribution in [1.82, 2.24) is 15.5 Å². The van der Waals surface area contributed by atoms with Crippen LogP contribution >= 0.6 is 0 Å². The second kappa shape index (κ2) is 6.53. The summed E-state index contributed by atoms with van der Waals surface area (Å²) in [6, 6.07) is 0.650. The predicted molar refractivity (Wildman–Crippen MR) is 73.5 cm³/mol. The summed E-state index contributed by atoms with van der Waals surface area (Å²) >= 11 is 0. The number of carbonyl (C=O) groups is 1. The van der Waals surface area contributed by atoms with Gasteiger partial charge in [0.15, 0.2) is 0 Å². The number of likely N-dealkylation sites (N-methyl/N-ethyl adjacent to an activating group) is 1. The van der Waals surface area contributed by atoms with E-state index in [4.69, 9.17) is 0 Å². The van der Waals surface area contributed by atoms with E-state index < -0.39 is 0 Å². The largest absolute Gasteiger partial charge is 0.358 e. The lowest BCUT2D eigenvalue weighted by Gasteiger charge is -2.43. The molecular weight excluding hydrogens is 226 g/mol. The Morgan fingerprint density at radius 3 is 3.00 bits per heavy atom. The van der Waals surface area contributed by atoms with Crippen LogP contribution in [0.1, 0.15) is 39.0 Å². The van der Waals surface area contributed by atoms with Crippen LogP contribution in [0.15, 0.2) is 0 Å². The maximum atomic E-state index is 12.0. The number of nitrogens with one attached hydrogen (secondary N) is 2. The number of hydrogen-bond donors (Lipinski definition) is 2. The van der Waals surface area contributed by atoms with E-state index in [0.29, 0.717) is 6.04 Å². The summed E-state index contributed by atoms with van der Waals surface area (Å²) in [5, 5.41) is 6.15. The highest BCUT2D eigenvalue weighted by atomic mass is 16.2. The molecule has 0 spiro atoms. The molecule has 0 bridgehead atoms. The van der Waals surface area contributed by atoms with E-state index in [1.165, 1.54) is 32.1 Å². The molecule has 4 nitrogen and oxygen atoms in total. The van der Waals surface area contributed by atoms with Crippen LogP contribution < -0.4 is 10.6 Å². The summed E-state index contributed by atoms with van der Waals surface area (Å²) in [6.45, 7) is 5.12. The van der Waals surface area contributed by atoms with Crippen molar-refractivity contribution < 1.29 is 4.79 Å². The minimum absolute atomic E-state index is 0.0318. The van der Waals surface area contributed by atoms with E-state index in [2.05, 4.69) is 22.5 Å². The van der Waals surface area contributed by atoms with Gasteiger partial charge in [-0.05, 0) is 18.8 Å². The van der Waals surface area contributed by atoms with Crippen molar-refractivity contribution in [3.8, 4) is 0 Å². The number of amides is 1. The average molecular weight is 253 g/mol. The normalized spacial score (nSPS) is 34.2. The second-order valence-electron chi connectivity index (χ2n) is 5.67. The van der Waals surface area contributed by atoms with Crippen molar-refractivity contribution in [2.75, 3.05) is 26.7 Å². The lowest BCUT2D eigenvalue weighted by molar-refractivity contribution is -0.128. The summed E-state index contributed by atoms with van der Waals surface area (Å²) in [5.74, 6) is 1.03. The Labute approximate surface area is 110 Å². The van der Waals surface area contributed by atoms with Gasteiger partial charge in [-0.1, -0.05) is 26.2 Å². The molecule has 104 valence electrons. The Hall–Kier alpha value is -0.610. The molecule has 1 aliphatic carbocycles. The van der Waals surface area contributed by atoms with Gasteiger partial charge in [0.25, 0.3) is 0 Å². The molecule has 4 heteroatoms. The maximum Gasteiger partial charge on any atom is 0.238 e. The van der Waals surface area contributed by atoms with Gasteiger partial charge in [-0.3, -0.25) is 9.69 Å². The number of hydrogen-bond acceptors (Lipinski definition) is 3. The van der Waals surface area contributed by atoms with Crippen LogP contribution in [0.4, 0.5) is 0 Å². The SMILES string of the molecule is CCC1CCCC(N2CCNCC2C(=O)NC)C1. The molecule has 18 heavy (non-hydrogen) atoms. The molecule has 0 aromatic heterocycles. The van der Waals surface area contributed by atoms with Gasteiger partial charge < -0.3 is 10.6 Å². The molecule has 2 fully saturated rings. The van der Waals surface area contributed by atoms with Crippen LogP contribution in [0, 0.1) is 5.92 Å². The highest BCUT2D eigenvalue weighted by Crippen LogP contribution is 2.30. The van der Waals surface area contributed by atoms with Crippen LogP contribution in [0.2, 0.25) is 0 Å². The lowest BCUT2D eigenvalue weighted by Crippen LogP contribution is -2.60. The summed E-state index contributed by atoms with van der Waals surface area (Å²) in [4.78, 5) is 14.4. The van der Waals surface area contributed by atoms with Crippen LogP contribution in [-0.4, -0.2) is 49.6 Å². The molecule has 2 aliphatic rings. The third-order valence-corrected chi connectivity index (χ3v) is 4.64. The van der Waals surface area contributed by atoms with Crippen LogP contribution in [0.25, 0.3) is 0 Å². The van der Waals surface area contributed by atoms with E-state index in [-0.39, 0.29) is 11.9 Å². The zero-order valence-corrected chi connectivity index (χ0v) is 11.7. The standard InChI is InChI=1S/C14H27N3O/c1-3-11-5-4-6-12(9-11)17-8-7-16-10-13(17)14(18)15-2/h11-13,16H,3-10H2,1-2H3,(H,15,18). The summed E-state index contributed by atoms with van der Waals surface area (Å²) in [7, 11) is 1.74. The predicted octanol–water partition coefficient (Wildman–Crippen LogP) is 0.975. The van der Waals surface area contributed by atoms with Gasteiger partial charge in [-0.2, -0.15) is 0 Å². The fourth-order valence-corrected chi connectivity index (χ4v) is 3.50. The maximum absolute atomic E-state index is 12.0. The van der Waals surface area contributed by atoms with Gasteiger partial charge in [0.1, 0.15) is 6.04 Å². The van der Waals surface area contributed by atoms with E-state index in [9.17, 15) is 4.79 Å². The van der Waals surface area contributed by atoms with Crippen LogP contribution in [0.3, 0.4) is 0 Å². The minimum Gasteiger partial charge on any atom is -0.358 e. The van der Waals surface area contributed by atoms with Gasteiger partial charge in [0, 0.05) is 32.7 Å². The van der Waals surface area contributed by atoms with Gasteiger partial charge >= 0.3 is 0 Å². The Bertz CT molecular complexity index is 282. The van der Waals surface area contributed by atoms with Crippen molar-refractivity contribution in [1.29, 1.82) is 0 Å². The number of rotatable bonds is 3. The first-order valence-electron chi connectivity index (χ1n) is 7.44. The molecule has 1 amide bonds. The molecule has 1 saturated carbocycles. The zero-order chi connectivity index (χ0) is 13.0. The van der Waals surface area contributed by atoms with Crippen LogP contribution in [0.5, 0.6) is 0 Å². The van der Waals surface area contributed by atoms with Crippen molar-refractivity contribution in [2.45, 2.75) is 51.1 Å². The molecule has 1 aliphatic heterocycles. The minimum atomic E-state index is 0.0318. The Morgan fingerprint density at radius 2 is 2.28 bits per heavy atom. The number of piperazine rings is 1. The third kappa shape index (κ3) is 3.04. The molecule has 0 radical (unpaired) electrons. The van der Waals surface area contributed by atoms with Gasteiger partial charge in [0.2, 0.25) is 5.91 Å². The number of nitrogens with zero attached hydrogens (tertiary/aromatic N) is 1. The summed E-state index contributed by atoms with van der Waals surface area (Å²) in [6.07, 6.45) is 6.54. The van der Waals surface area contributed by atoms with E-state index in [1.807, 2.05) is 0 Å². The fraction of sp³-hybridized carbons (Fsp3) is 0.929. The molecule has 0 aromatic carbocycles. The molecule has 1 saturated heterocycles. The molecule has 2 rings (SSSR count). The average Bonchev–Trinajstić information content (AvgIpc) is 2.46. The fourth-order valence-electron chi connectivity index (χ4n) is 3.50. The molecule has 3 unspecified atom stereocenters. The highest BCUT2D eigenvalue weighted by Gasteiger charge is 2.35. The van der Waals surface area contributed by atoms with Crippen molar-refractivity contribution in [3.63, 3.8) is 0 Å². The highest BCUT2D eigenvalue weighted by molar-refractivity contribution is 5.81. The van der Waals surface area contributed by atoms with E-state index >= 15 is 0 Å². The molecule has 2 N–H and O–H groups in total. The van der Waals surface area contributed by atoms with Gasteiger partial charge in [-0.25, -0.2) is 0 Å². The van der Waals surface area contributed by atoms with Crippen LogP contribution in [-0.2, 0) is 4.79 Å². The van der Waals surface area contributed by atoms with Gasteiger partial charge in [-0.15, -0.1) is 0 Å². The lowest BCUT2D eigenvalue weighted by atomic mass is 9.82. The summed E-state index contributed by atoms with van der Waals surface area (Å²) < 4.78 is 0. The van der Waals surface area contributed by atoms with E-state index in [1.54, 1.807) is 7.05 Å². The summed E-state index contributed by atoms with van der Waals surface area (Å²) in [5.41, 5.74) is 0. The second-order valence-corrected chi connectivity index (χ2v) is 5.67. The van der Waals surface area contributed by atoms with E-state index in [0.717, 1.165) is 25.6 Å². The first-order valence-corrected chi connectivity index (χ1v) is 7.44. The number of carbonyl (C=O) groups excluding carboxylic acids is 1. The zero-order valence-electron chi connectivity index (χ0n) is 11.7. The molecule has 0 aromatic rings. The molecule has 3 atom stereocenters. The molecule has 1 heterocycles. The topological polar surface area (TPSA) is 44.4 Å². The van der Waals surface area contributed by atoms with Gasteiger partial charge in [0.05, 0.1) is 0 Å². The van der Waals surface area contributed by atoms with Crippen molar-refractivity contribution in [2.24, 2.45) is 5.92 Å². The molecular formula is C14H27N3O. The first kappa shape index (κ1) is 13.8. The Balaban J connectivity index is 2.01. The Kier molecular flexibility index (Phi) is 5.01. The quantitative estimate of drug-likeness (QED) is 0.788. The van der Waals surface area contributed by atoms with Crippen molar-refractivity contribution in [3.05, 3.63) is 0 Å². The monoisotopic (exact) mass is 253 g/mol. The smallest absolute Gasteiger partial charge is 0.238 e. The Morgan fingerprint density at radius 1 is 1.44 bits per heavy atom. The first-order chi connectivity index (χ1) is 8.76. The third-order valence-electron chi connectivity index (χ3n) is 4.64.